The zero-order valence-electron chi connectivity index (χ0n) is 15.9. The molecule has 0 heterocycles. The van der Waals surface area contributed by atoms with E-state index in [4.69, 9.17) is 9.47 Å². The average molecular weight is 402 g/mol. The third-order valence-corrected chi connectivity index (χ3v) is 4.21. The van der Waals surface area contributed by atoms with E-state index in [-0.39, 0.29) is 24.3 Å². The van der Waals surface area contributed by atoms with Gasteiger partial charge >= 0.3 is 11.9 Å². The van der Waals surface area contributed by atoms with E-state index in [1.165, 1.54) is 24.3 Å². The predicted molar refractivity (Wildman–Crippen MR) is 108 cm³/mol. The fourth-order valence-electron chi connectivity index (χ4n) is 2.59. The van der Waals surface area contributed by atoms with Gasteiger partial charge in [-0.3, -0.25) is 9.59 Å². The molecule has 150 valence electrons. The van der Waals surface area contributed by atoms with Gasteiger partial charge in [-0.1, -0.05) is 84.9 Å². The molecule has 6 nitrogen and oxygen atoms in total. The highest BCUT2D eigenvalue weighted by Gasteiger charge is 2.21. The highest BCUT2D eigenvalue weighted by Crippen LogP contribution is 2.10. The van der Waals surface area contributed by atoms with Gasteiger partial charge in [-0.15, -0.1) is 0 Å². The molecule has 0 aliphatic heterocycles. The van der Waals surface area contributed by atoms with Crippen molar-refractivity contribution in [2.75, 3.05) is 0 Å². The molecule has 0 spiro atoms. The van der Waals surface area contributed by atoms with Crippen molar-refractivity contribution in [2.24, 2.45) is 0 Å². The molecule has 0 aliphatic rings. The van der Waals surface area contributed by atoms with E-state index in [0.717, 1.165) is 11.1 Å². The van der Waals surface area contributed by atoms with Gasteiger partial charge in [0.25, 0.3) is 11.6 Å². The summed E-state index contributed by atoms with van der Waals surface area (Å²) in [6.07, 6.45) is 0. The number of benzene rings is 3. The highest BCUT2D eigenvalue weighted by atomic mass is 16.5. The fourth-order valence-corrected chi connectivity index (χ4v) is 2.59. The van der Waals surface area contributed by atoms with E-state index >= 15 is 0 Å². The molecule has 3 rings (SSSR count). The number of carbonyl (C=O) groups excluding carboxylic acids is 4. The number of esters is 2. The third-order valence-electron chi connectivity index (χ3n) is 4.21. The van der Waals surface area contributed by atoms with Gasteiger partial charge in [0.1, 0.15) is 13.2 Å². The molecule has 6 heteroatoms. The van der Waals surface area contributed by atoms with E-state index < -0.39 is 23.5 Å². The predicted octanol–water partition coefficient (Wildman–Crippen LogP) is 3.54. The fraction of sp³-hybridized carbons (Fsp3) is 0.0833. The summed E-state index contributed by atoms with van der Waals surface area (Å²) >= 11 is 0. The van der Waals surface area contributed by atoms with Gasteiger partial charge in [-0.05, 0) is 11.1 Å². The first-order chi connectivity index (χ1) is 14.5. The summed E-state index contributed by atoms with van der Waals surface area (Å²) < 4.78 is 10.0. The molecule has 0 radical (unpaired) electrons. The second kappa shape index (κ2) is 9.93. The molecule has 0 fully saturated rings. The molecule has 0 N–H and O–H groups in total. The summed E-state index contributed by atoms with van der Waals surface area (Å²) in [5.74, 6) is -3.67. The minimum Gasteiger partial charge on any atom is -0.455 e. The van der Waals surface area contributed by atoms with E-state index in [9.17, 15) is 19.2 Å². The number of hydrogen-bond donors (Lipinski definition) is 0. The molecular weight excluding hydrogens is 384 g/mol. The molecule has 0 amide bonds. The lowest BCUT2D eigenvalue weighted by Gasteiger charge is -2.06. The number of hydrogen-bond acceptors (Lipinski definition) is 6. The molecule has 0 saturated carbocycles. The summed E-state index contributed by atoms with van der Waals surface area (Å²) in [7, 11) is 0. The summed E-state index contributed by atoms with van der Waals surface area (Å²) in [6.45, 7) is -0.0372. The SMILES string of the molecule is O=C(OCc1ccccc1)C(=O)c1ccc(C(=O)C(=O)OCc2ccccc2)cc1. The van der Waals surface area contributed by atoms with Gasteiger partial charge < -0.3 is 9.47 Å². The van der Waals surface area contributed by atoms with E-state index in [1.807, 2.05) is 12.1 Å². The topological polar surface area (TPSA) is 86.7 Å². The maximum atomic E-state index is 12.2. The lowest BCUT2D eigenvalue weighted by Crippen LogP contribution is -2.19. The quantitative estimate of drug-likeness (QED) is 0.325. The van der Waals surface area contributed by atoms with Crippen molar-refractivity contribution in [1.29, 1.82) is 0 Å². The van der Waals surface area contributed by atoms with Gasteiger partial charge in [0, 0.05) is 11.1 Å². The van der Waals surface area contributed by atoms with Crippen molar-refractivity contribution in [3.63, 3.8) is 0 Å². The zero-order chi connectivity index (χ0) is 21.3. The normalized spacial score (nSPS) is 10.1. The smallest absolute Gasteiger partial charge is 0.380 e. The molecule has 3 aromatic rings. The summed E-state index contributed by atoms with van der Waals surface area (Å²) in [4.78, 5) is 48.3. The van der Waals surface area contributed by atoms with Crippen LogP contribution in [-0.2, 0) is 32.3 Å². The molecule has 0 unspecified atom stereocenters. The van der Waals surface area contributed by atoms with Gasteiger partial charge in [0.05, 0.1) is 0 Å². The van der Waals surface area contributed by atoms with Crippen LogP contribution >= 0.6 is 0 Å². The molecule has 0 atom stereocenters. The minimum atomic E-state index is -1.000. The number of ketones is 2. The van der Waals surface area contributed by atoms with Crippen LogP contribution in [0.25, 0.3) is 0 Å². The average Bonchev–Trinajstić information content (AvgIpc) is 2.81. The zero-order valence-corrected chi connectivity index (χ0v) is 15.9. The first kappa shape index (κ1) is 20.7. The summed E-state index contributed by atoms with van der Waals surface area (Å²) in [6, 6.07) is 23.1. The first-order valence-electron chi connectivity index (χ1n) is 9.15. The van der Waals surface area contributed by atoms with Crippen LogP contribution in [0.5, 0.6) is 0 Å². The van der Waals surface area contributed by atoms with Crippen LogP contribution in [0, 0.1) is 0 Å². The molecule has 30 heavy (non-hydrogen) atoms. The molecule has 0 bridgehead atoms. The standard InChI is InChI=1S/C24H18O6/c25-21(23(27)29-15-17-7-3-1-4-8-17)19-11-13-20(14-12-19)22(26)24(28)30-16-18-9-5-2-6-10-18/h1-14H,15-16H2. The van der Waals surface area contributed by atoms with Crippen molar-refractivity contribution >= 4 is 23.5 Å². The first-order valence-corrected chi connectivity index (χ1v) is 9.15. The third kappa shape index (κ3) is 5.48. The van der Waals surface area contributed by atoms with Crippen molar-refractivity contribution in [3.05, 3.63) is 107 Å². The van der Waals surface area contributed by atoms with Crippen LogP contribution < -0.4 is 0 Å². The van der Waals surface area contributed by atoms with Crippen LogP contribution in [0.4, 0.5) is 0 Å². The van der Waals surface area contributed by atoms with E-state index in [2.05, 4.69) is 0 Å². The van der Waals surface area contributed by atoms with Crippen LogP contribution in [0.3, 0.4) is 0 Å². The Morgan fingerprint density at radius 3 is 1.17 bits per heavy atom. The molecule has 3 aromatic carbocycles. The van der Waals surface area contributed by atoms with E-state index in [1.54, 1.807) is 48.5 Å². The number of carbonyl (C=O) groups is 4. The van der Waals surface area contributed by atoms with Gasteiger partial charge in [0.15, 0.2) is 0 Å². The van der Waals surface area contributed by atoms with Crippen LogP contribution in [-0.4, -0.2) is 23.5 Å². The Morgan fingerprint density at radius 1 is 0.500 bits per heavy atom. The maximum Gasteiger partial charge on any atom is 0.380 e. The van der Waals surface area contributed by atoms with E-state index in [0.29, 0.717) is 0 Å². The lowest BCUT2D eigenvalue weighted by molar-refractivity contribution is -0.140. The summed E-state index contributed by atoms with van der Waals surface area (Å²) in [5.41, 5.74) is 1.63. The van der Waals surface area contributed by atoms with Gasteiger partial charge in [0.2, 0.25) is 0 Å². The Balaban J connectivity index is 1.55. The van der Waals surface area contributed by atoms with Gasteiger partial charge in [-0.25, -0.2) is 9.59 Å². The molecule has 0 saturated heterocycles. The number of Topliss-reactive ketones (excluding diaryl/α,β-unsaturated/α-hetero) is 2. The Kier molecular flexibility index (Phi) is 6.84. The second-order valence-electron chi connectivity index (χ2n) is 6.36. The Bertz CT molecular complexity index is 954. The van der Waals surface area contributed by atoms with Crippen molar-refractivity contribution in [3.8, 4) is 0 Å². The molecule has 0 aliphatic carbocycles. The Labute approximate surface area is 173 Å². The monoisotopic (exact) mass is 402 g/mol. The minimum absolute atomic E-state index is 0.0186. The van der Waals surface area contributed by atoms with Crippen LogP contribution in [0.1, 0.15) is 31.8 Å². The van der Waals surface area contributed by atoms with Crippen molar-refractivity contribution in [1.82, 2.24) is 0 Å². The Hall–Kier alpha value is -4.06. The number of ether oxygens (including phenoxy) is 2. The highest BCUT2D eigenvalue weighted by molar-refractivity contribution is 6.42. The Morgan fingerprint density at radius 2 is 0.833 bits per heavy atom. The van der Waals surface area contributed by atoms with Gasteiger partial charge in [-0.2, -0.15) is 0 Å². The molecular formula is C24H18O6. The maximum absolute atomic E-state index is 12.2. The van der Waals surface area contributed by atoms with Crippen LogP contribution in [0.2, 0.25) is 0 Å². The molecule has 0 aromatic heterocycles. The number of rotatable bonds is 8. The van der Waals surface area contributed by atoms with Crippen molar-refractivity contribution in [2.45, 2.75) is 13.2 Å². The van der Waals surface area contributed by atoms with Crippen molar-refractivity contribution < 1.29 is 28.7 Å². The summed E-state index contributed by atoms with van der Waals surface area (Å²) in [5, 5.41) is 0. The lowest BCUT2D eigenvalue weighted by atomic mass is 10.1. The largest absolute Gasteiger partial charge is 0.455 e. The van der Waals surface area contributed by atoms with Crippen LogP contribution in [0.15, 0.2) is 84.9 Å². The second-order valence-corrected chi connectivity index (χ2v) is 6.36.